The van der Waals surface area contributed by atoms with Gasteiger partial charge in [-0.2, -0.15) is 0 Å². The van der Waals surface area contributed by atoms with Gasteiger partial charge in [0.2, 0.25) is 0 Å². The number of hydrogen-bond acceptors (Lipinski definition) is 1. The minimum absolute atomic E-state index is 0.564. The molecule has 2 aromatic rings. The molecule has 0 fully saturated rings. The maximum Gasteiger partial charge on any atom is 0.138 e. The molecule has 0 atom stereocenters. The van der Waals surface area contributed by atoms with Crippen molar-refractivity contribution in [1.82, 2.24) is 4.98 Å². The number of aromatic nitrogens is 1. The van der Waals surface area contributed by atoms with E-state index in [4.69, 9.17) is 11.6 Å². The average Bonchev–Trinajstić information content (AvgIpc) is 2.02. The Balaban J connectivity index is 2.86. The van der Waals surface area contributed by atoms with Gasteiger partial charge in [0.1, 0.15) is 8.85 Å². The van der Waals surface area contributed by atoms with Gasteiger partial charge in [0.15, 0.2) is 0 Å². The van der Waals surface area contributed by atoms with E-state index in [9.17, 15) is 0 Å². The van der Waals surface area contributed by atoms with Gasteiger partial charge in [-0.25, -0.2) is 4.98 Å². The zero-order chi connectivity index (χ0) is 9.42. The molecule has 1 aromatic carbocycles. The van der Waals surface area contributed by atoms with Crippen LogP contribution in [0.3, 0.4) is 0 Å². The summed E-state index contributed by atoms with van der Waals surface area (Å²) in [6.45, 7) is 0. The second-order valence-electron chi connectivity index (χ2n) is 2.60. The summed E-state index contributed by atoms with van der Waals surface area (Å²) in [5.74, 6) is 0. The van der Waals surface area contributed by atoms with Crippen molar-refractivity contribution in [2.24, 2.45) is 0 Å². The van der Waals surface area contributed by atoms with E-state index < -0.39 is 0 Å². The second kappa shape index (κ2) is 3.71. The van der Waals surface area contributed by atoms with Crippen molar-refractivity contribution in [3.8, 4) is 0 Å². The van der Waals surface area contributed by atoms with Crippen LogP contribution in [-0.2, 0) is 0 Å². The van der Waals surface area contributed by atoms with Crippen LogP contribution in [0.25, 0.3) is 10.8 Å². The maximum absolute atomic E-state index is 5.98. The normalized spacial score (nSPS) is 10.7. The molecule has 1 nitrogen and oxygen atoms in total. The Morgan fingerprint density at radius 3 is 2.85 bits per heavy atom. The molecule has 0 radical (unpaired) electrons. The third kappa shape index (κ3) is 1.97. The molecule has 0 aliphatic rings. The van der Waals surface area contributed by atoms with Crippen molar-refractivity contribution in [1.29, 1.82) is 0 Å². The van der Waals surface area contributed by atoms with Crippen molar-refractivity contribution in [2.75, 3.05) is 0 Å². The van der Waals surface area contributed by atoms with Gasteiger partial charge in [0.25, 0.3) is 0 Å². The highest BCUT2D eigenvalue weighted by Gasteiger charge is 2.02. The molecule has 0 unspecified atom stereocenters. The molecule has 66 valence electrons. The van der Waals surface area contributed by atoms with Crippen LogP contribution in [-0.4, -0.2) is 4.98 Å². The van der Waals surface area contributed by atoms with Crippen LogP contribution in [0.4, 0.5) is 0 Å². The maximum atomic E-state index is 5.98. The highest BCUT2D eigenvalue weighted by atomic mass is 127. The van der Waals surface area contributed by atoms with E-state index >= 15 is 0 Å². The third-order valence-electron chi connectivity index (χ3n) is 1.72. The zero-order valence-corrected chi connectivity index (χ0v) is 10.9. The first kappa shape index (κ1) is 9.68. The van der Waals surface area contributed by atoms with Gasteiger partial charge in [-0.1, -0.05) is 33.6 Å². The predicted molar refractivity (Wildman–Crippen MR) is 67.2 cm³/mol. The summed E-state index contributed by atoms with van der Waals surface area (Å²) in [6.07, 6.45) is 0. The summed E-state index contributed by atoms with van der Waals surface area (Å²) in [6, 6.07) is 7.96. The van der Waals surface area contributed by atoms with E-state index in [1.807, 2.05) is 24.3 Å². The largest absolute Gasteiger partial charge is 0.229 e. The summed E-state index contributed by atoms with van der Waals surface area (Å²) < 4.78 is 1.96. The number of rotatable bonds is 0. The Bertz CT molecular complexity index is 467. The van der Waals surface area contributed by atoms with Gasteiger partial charge < -0.3 is 0 Å². The topological polar surface area (TPSA) is 12.9 Å². The molecule has 0 N–H and O–H groups in total. The zero-order valence-electron chi connectivity index (χ0n) is 6.39. The minimum Gasteiger partial charge on any atom is -0.229 e. The highest BCUT2D eigenvalue weighted by Crippen LogP contribution is 2.26. The molecule has 1 aromatic heterocycles. The molecule has 0 spiro atoms. The van der Waals surface area contributed by atoms with Crippen LogP contribution in [0.2, 0.25) is 5.15 Å². The van der Waals surface area contributed by atoms with Crippen molar-refractivity contribution in [3.05, 3.63) is 37.6 Å². The van der Waals surface area contributed by atoms with Gasteiger partial charge >= 0.3 is 0 Å². The summed E-state index contributed by atoms with van der Waals surface area (Å²) >= 11 is 11.6. The molecule has 1 heterocycles. The molecule has 0 bridgehead atoms. The number of pyridine rings is 1. The SMILES string of the molecule is Clc1nc(I)cc2cc(Br)ccc12. The fraction of sp³-hybridized carbons (Fsp3) is 0. The molecular weight excluding hydrogens is 364 g/mol. The first-order valence-electron chi connectivity index (χ1n) is 3.58. The summed E-state index contributed by atoms with van der Waals surface area (Å²) in [5.41, 5.74) is 0. The lowest BCUT2D eigenvalue weighted by molar-refractivity contribution is 1.30. The molecule has 2 rings (SSSR count). The van der Waals surface area contributed by atoms with Gasteiger partial charge in [-0.15, -0.1) is 0 Å². The molecule has 0 saturated carbocycles. The van der Waals surface area contributed by atoms with Crippen molar-refractivity contribution >= 4 is 60.9 Å². The summed E-state index contributed by atoms with van der Waals surface area (Å²) in [5, 5.41) is 2.67. The molecule has 0 saturated heterocycles. The van der Waals surface area contributed by atoms with E-state index in [-0.39, 0.29) is 0 Å². The molecule has 13 heavy (non-hydrogen) atoms. The van der Waals surface area contributed by atoms with Crippen molar-refractivity contribution in [2.45, 2.75) is 0 Å². The number of hydrogen-bond donors (Lipinski definition) is 0. The monoisotopic (exact) mass is 367 g/mol. The summed E-state index contributed by atoms with van der Waals surface area (Å²) in [4.78, 5) is 4.17. The Morgan fingerprint density at radius 1 is 1.31 bits per heavy atom. The quantitative estimate of drug-likeness (QED) is 0.500. The van der Waals surface area contributed by atoms with Crippen molar-refractivity contribution in [3.63, 3.8) is 0 Å². The van der Waals surface area contributed by atoms with E-state index in [1.54, 1.807) is 0 Å². The second-order valence-corrected chi connectivity index (χ2v) is 4.98. The molecule has 0 aliphatic carbocycles. The Hall–Kier alpha value is 0.130. The van der Waals surface area contributed by atoms with E-state index in [2.05, 4.69) is 43.5 Å². The highest BCUT2D eigenvalue weighted by molar-refractivity contribution is 14.1. The smallest absolute Gasteiger partial charge is 0.138 e. The Labute approximate surface area is 103 Å². The van der Waals surface area contributed by atoms with E-state index in [1.165, 1.54) is 0 Å². The molecule has 4 heteroatoms. The third-order valence-corrected chi connectivity index (χ3v) is 3.05. The number of halogens is 3. The lowest BCUT2D eigenvalue weighted by Crippen LogP contribution is -1.83. The fourth-order valence-corrected chi connectivity index (χ4v) is 2.52. The average molecular weight is 368 g/mol. The predicted octanol–water partition coefficient (Wildman–Crippen LogP) is 4.26. The lowest BCUT2D eigenvalue weighted by atomic mass is 10.2. The molecular formula is C9H4BrClIN. The fourth-order valence-electron chi connectivity index (χ4n) is 1.16. The van der Waals surface area contributed by atoms with Gasteiger partial charge in [0, 0.05) is 9.86 Å². The summed E-state index contributed by atoms with van der Waals surface area (Å²) in [7, 11) is 0. The Morgan fingerprint density at radius 2 is 2.08 bits per heavy atom. The first-order valence-corrected chi connectivity index (χ1v) is 5.83. The molecule has 0 aliphatic heterocycles. The van der Waals surface area contributed by atoms with Crippen LogP contribution in [0.5, 0.6) is 0 Å². The van der Waals surface area contributed by atoms with Gasteiger partial charge in [-0.3, -0.25) is 0 Å². The van der Waals surface area contributed by atoms with Crippen LogP contribution in [0, 0.1) is 3.70 Å². The lowest BCUT2D eigenvalue weighted by Gasteiger charge is -2.01. The molecule has 0 amide bonds. The Kier molecular flexibility index (Phi) is 2.76. The van der Waals surface area contributed by atoms with Gasteiger partial charge in [0.05, 0.1) is 0 Å². The van der Waals surface area contributed by atoms with Gasteiger partial charge in [-0.05, 0) is 46.2 Å². The van der Waals surface area contributed by atoms with E-state index in [0.29, 0.717) is 5.15 Å². The minimum atomic E-state index is 0.564. The van der Waals surface area contributed by atoms with Crippen molar-refractivity contribution < 1.29 is 0 Å². The van der Waals surface area contributed by atoms with Crippen LogP contribution < -0.4 is 0 Å². The number of fused-ring (bicyclic) bond motifs is 1. The number of benzene rings is 1. The van der Waals surface area contributed by atoms with Crippen LogP contribution >= 0.6 is 50.1 Å². The van der Waals surface area contributed by atoms with Crippen LogP contribution in [0.15, 0.2) is 28.7 Å². The van der Waals surface area contributed by atoms with Crippen LogP contribution in [0.1, 0.15) is 0 Å². The standard InChI is InChI=1S/C9H4BrClIN/c10-6-1-2-7-5(3-6)4-8(12)13-9(7)11/h1-4H. The number of nitrogens with zero attached hydrogens (tertiary/aromatic N) is 1. The van der Waals surface area contributed by atoms with E-state index in [0.717, 1.165) is 18.9 Å². The first-order chi connectivity index (χ1) is 6.16.